The Bertz CT molecular complexity index is 3620. The molecule has 0 unspecified atom stereocenters. The van der Waals surface area contributed by atoms with Crippen molar-refractivity contribution in [3.8, 4) is 44.5 Å². The highest BCUT2D eigenvalue weighted by molar-refractivity contribution is 6.23. The van der Waals surface area contributed by atoms with Gasteiger partial charge in [0.15, 0.2) is 5.58 Å². The molecule has 0 saturated heterocycles. The molecule has 2 heteroatoms. The number of hydrogen-bond donors (Lipinski definition) is 0. The second-order valence-corrected chi connectivity index (χ2v) is 16.1. The summed E-state index contributed by atoms with van der Waals surface area (Å²) >= 11 is 0. The molecule has 0 aliphatic carbocycles. The van der Waals surface area contributed by atoms with Crippen LogP contribution in [0.2, 0.25) is 0 Å². The Morgan fingerprint density at radius 3 is 1.40 bits per heavy atom. The van der Waals surface area contributed by atoms with Crippen molar-refractivity contribution in [2.75, 3.05) is 4.90 Å². The van der Waals surface area contributed by atoms with Crippen molar-refractivity contribution in [2.24, 2.45) is 0 Å². The Hall–Kier alpha value is -8.20. The fourth-order valence-electron chi connectivity index (χ4n) is 9.32. The molecule has 0 spiro atoms. The molecule has 0 aliphatic rings. The molecule has 0 fully saturated rings. The third-order valence-corrected chi connectivity index (χ3v) is 12.4. The normalized spacial score (nSPS) is 11.5. The topological polar surface area (TPSA) is 16.4 Å². The van der Waals surface area contributed by atoms with Crippen molar-refractivity contribution < 1.29 is 4.42 Å². The van der Waals surface area contributed by atoms with E-state index >= 15 is 0 Å². The molecule has 12 rings (SSSR count). The van der Waals surface area contributed by atoms with Gasteiger partial charge in [-0.1, -0.05) is 182 Å². The van der Waals surface area contributed by atoms with Crippen LogP contribution in [0.5, 0.6) is 0 Å². The Morgan fingerprint density at radius 1 is 0.290 bits per heavy atom. The van der Waals surface area contributed by atoms with E-state index < -0.39 is 0 Å². The lowest BCUT2D eigenvalue weighted by Crippen LogP contribution is -2.10. The van der Waals surface area contributed by atoms with E-state index in [-0.39, 0.29) is 0 Å². The van der Waals surface area contributed by atoms with Gasteiger partial charge in [-0.3, -0.25) is 0 Å². The van der Waals surface area contributed by atoms with Gasteiger partial charge in [0.25, 0.3) is 0 Å². The quantitative estimate of drug-likeness (QED) is 0.160. The largest absolute Gasteiger partial charge is 0.454 e. The predicted molar refractivity (Wildman–Crippen MR) is 263 cm³/mol. The van der Waals surface area contributed by atoms with E-state index in [1.54, 1.807) is 0 Å². The first-order valence-corrected chi connectivity index (χ1v) is 21.2. The van der Waals surface area contributed by atoms with Gasteiger partial charge >= 0.3 is 0 Å². The number of hydrogen-bond acceptors (Lipinski definition) is 2. The summed E-state index contributed by atoms with van der Waals surface area (Å²) in [5.74, 6) is 0. The van der Waals surface area contributed by atoms with E-state index in [1.165, 1.54) is 60.3 Å². The summed E-state index contributed by atoms with van der Waals surface area (Å²) in [6.07, 6.45) is 0. The smallest absolute Gasteiger partial charge is 0.160 e. The van der Waals surface area contributed by atoms with Gasteiger partial charge in [0, 0.05) is 22.1 Å². The van der Waals surface area contributed by atoms with Crippen LogP contribution in [0.3, 0.4) is 0 Å². The summed E-state index contributed by atoms with van der Waals surface area (Å²) in [7, 11) is 0. The minimum absolute atomic E-state index is 0.866. The number of rotatable bonds is 7. The number of furan rings is 1. The van der Waals surface area contributed by atoms with Crippen molar-refractivity contribution in [3.63, 3.8) is 0 Å². The third-order valence-electron chi connectivity index (χ3n) is 12.4. The number of benzene rings is 11. The Morgan fingerprint density at radius 2 is 0.742 bits per heavy atom. The average Bonchev–Trinajstić information content (AvgIpc) is 3.75. The van der Waals surface area contributed by atoms with Crippen LogP contribution >= 0.6 is 0 Å². The molecule has 0 atom stereocenters. The van der Waals surface area contributed by atoms with Gasteiger partial charge < -0.3 is 9.32 Å². The Kier molecular flexibility index (Phi) is 8.53. The molecule has 1 heterocycles. The molecule has 0 saturated carbocycles. The number of fused-ring (bicyclic) bond motifs is 7. The van der Waals surface area contributed by atoms with Gasteiger partial charge in [-0.2, -0.15) is 0 Å². The first kappa shape index (κ1) is 35.7. The summed E-state index contributed by atoms with van der Waals surface area (Å²) in [6, 6.07) is 85.4. The highest BCUT2D eigenvalue weighted by Gasteiger charge is 2.22. The highest BCUT2D eigenvalue weighted by Crippen LogP contribution is 2.46. The van der Waals surface area contributed by atoms with Crippen molar-refractivity contribution >= 4 is 71.3 Å². The lowest BCUT2D eigenvalue weighted by Gasteiger charge is -2.26. The fourth-order valence-corrected chi connectivity index (χ4v) is 9.32. The predicted octanol–water partition coefficient (Wildman–Crippen LogP) is 17.2. The maximum Gasteiger partial charge on any atom is 0.160 e. The first-order chi connectivity index (χ1) is 30.7. The molecule has 0 aliphatic heterocycles. The molecule has 1 aromatic heterocycles. The molecule has 12 aromatic rings. The van der Waals surface area contributed by atoms with E-state index in [0.29, 0.717) is 0 Å². The van der Waals surface area contributed by atoms with E-state index in [2.05, 4.69) is 235 Å². The molecule has 2 nitrogen and oxygen atoms in total. The summed E-state index contributed by atoms with van der Waals surface area (Å²) in [4.78, 5) is 2.35. The van der Waals surface area contributed by atoms with Crippen molar-refractivity contribution in [1.29, 1.82) is 0 Å². The maximum absolute atomic E-state index is 6.82. The highest BCUT2D eigenvalue weighted by atomic mass is 16.3. The molecule has 0 radical (unpaired) electrons. The zero-order chi connectivity index (χ0) is 41.0. The van der Waals surface area contributed by atoms with Crippen LogP contribution in [0.15, 0.2) is 241 Å². The van der Waals surface area contributed by atoms with Crippen LogP contribution in [-0.4, -0.2) is 0 Å². The maximum atomic E-state index is 6.82. The SMILES string of the molecule is c1ccc(-c2ccccc2-c2ccc(N(c3ccc(-c4ccc5cc(-c6ccc7ccccc7c6)ccc5c4)cc3)c3cc4ccccc4c4c3oc3ccccc34)cc2)cc1. The van der Waals surface area contributed by atoms with Gasteiger partial charge in [0.2, 0.25) is 0 Å². The van der Waals surface area contributed by atoms with Crippen LogP contribution in [0.4, 0.5) is 17.1 Å². The van der Waals surface area contributed by atoms with E-state index in [4.69, 9.17) is 4.42 Å². The molecule has 0 amide bonds. The first-order valence-electron chi connectivity index (χ1n) is 21.2. The Labute approximate surface area is 360 Å². The van der Waals surface area contributed by atoms with Gasteiger partial charge in [-0.25, -0.2) is 0 Å². The van der Waals surface area contributed by atoms with Crippen LogP contribution < -0.4 is 4.90 Å². The molecular weight excluding hydrogens is 751 g/mol. The molecule has 11 aromatic carbocycles. The summed E-state index contributed by atoms with van der Waals surface area (Å²) < 4.78 is 6.82. The van der Waals surface area contributed by atoms with Crippen LogP contribution in [-0.2, 0) is 0 Å². The van der Waals surface area contributed by atoms with Crippen molar-refractivity contribution in [1.82, 2.24) is 0 Å². The molecule has 0 bridgehead atoms. The van der Waals surface area contributed by atoms with Gasteiger partial charge in [-0.15, -0.1) is 0 Å². The van der Waals surface area contributed by atoms with E-state index in [9.17, 15) is 0 Å². The lowest BCUT2D eigenvalue weighted by atomic mass is 9.94. The van der Waals surface area contributed by atoms with E-state index in [0.717, 1.165) is 55.5 Å². The third kappa shape index (κ3) is 6.20. The van der Waals surface area contributed by atoms with Crippen molar-refractivity contribution in [3.05, 3.63) is 237 Å². The van der Waals surface area contributed by atoms with Gasteiger partial charge in [0.1, 0.15) is 5.58 Å². The zero-order valence-electron chi connectivity index (χ0n) is 33.9. The second kappa shape index (κ2) is 14.8. The Balaban J connectivity index is 0.959. The van der Waals surface area contributed by atoms with Crippen LogP contribution in [0, 0.1) is 0 Å². The van der Waals surface area contributed by atoms with Crippen LogP contribution in [0.1, 0.15) is 0 Å². The average molecular weight is 790 g/mol. The molecule has 290 valence electrons. The minimum atomic E-state index is 0.866. The summed E-state index contributed by atoms with van der Waals surface area (Å²) in [6.45, 7) is 0. The number of anilines is 3. The molecular formula is C60H39NO. The standard InChI is InChI=1S/C60H39NO/c1-2-13-42(14-3-1)53-17-8-9-18-54(53)43-30-34-52(35-31-43)61(57-39-50-16-6-7-19-55(50)59-56-20-10-11-21-58(56)62-60(57)59)51-32-28-41(29-33-51)45-24-25-48-38-49(27-26-47(48)37-45)46-23-22-40-12-4-5-15-44(40)36-46/h1-39H. The van der Waals surface area contributed by atoms with Crippen molar-refractivity contribution in [2.45, 2.75) is 0 Å². The minimum Gasteiger partial charge on any atom is -0.454 e. The fraction of sp³-hybridized carbons (Fsp3) is 0. The second-order valence-electron chi connectivity index (χ2n) is 16.1. The van der Waals surface area contributed by atoms with E-state index in [1.807, 2.05) is 6.07 Å². The van der Waals surface area contributed by atoms with Crippen LogP contribution in [0.25, 0.3) is 98.8 Å². The zero-order valence-corrected chi connectivity index (χ0v) is 33.9. The summed E-state index contributed by atoms with van der Waals surface area (Å²) in [5.41, 5.74) is 14.4. The summed E-state index contributed by atoms with van der Waals surface area (Å²) in [5, 5.41) is 9.55. The lowest BCUT2D eigenvalue weighted by molar-refractivity contribution is 0.669. The van der Waals surface area contributed by atoms with Gasteiger partial charge in [-0.05, 0) is 131 Å². The number of nitrogens with zero attached hydrogens (tertiary/aromatic N) is 1. The molecule has 0 N–H and O–H groups in total. The van der Waals surface area contributed by atoms with Gasteiger partial charge in [0.05, 0.1) is 5.69 Å². The number of para-hydroxylation sites is 1. The monoisotopic (exact) mass is 789 g/mol. The molecule has 62 heavy (non-hydrogen) atoms.